The molecule has 6 nitrogen and oxygen atoms in total. The largest absolute Gasteiger partial charge is 0.493 e. The van der Waals surface area contributed by atoms with Gasteiger partial charge >= 0.3 is 0 Å². The van der Waals surface area contributed by atoms with E-state index in [0.29, 0.717) is 29.5 Å². The van der Waals surface area contributed by atoms with E-state index in [2.05, 4.69) is 24.1 Å². The molecule has 0 saturated carbocycles. The number of rotatable bonds is 10. The van der Waals surface area contributed by atoms with Crippen LogP contribution in [0.1, 0.15) is 32.3 Å². The first-order chi connectivity index (χ1) is 12.6. The maximum Gasteiger partial charge on any atom is 0.203 e. The van der Waals surface area contributed by atoms with Crippen molar-refractivity contribution >= 4 is 0 Å². The smallest absolute Gasteiger partial charge is 0.203 e. The highest BCUT2D eigenvalue weighted by Crippen LogP contribution is 2.38. The van der Waals surface area contributed by atoms with E-state index < -0.39 is 0 Å². The minimum Gasteiger partial charge on any atom is -0.493 e. The molecule has 2 rings (SSSR count). The molecule has 148 valence electrons. The van der Waals surface area contributed by atoms with Gasteiger partial charge < -0.3 is 24.3 Å². The van der Waals surface area contributed by atoms with Gasteiger partial charge in [0.05, 0.1) is 33.5 Å². The number of hydrogen-bond acceptors (Lipinski definition) is 6. The number of hydrogen-bond donors (Lipinski definition) is 1. The van der Waals surface area contributed by atoms with Crippen LogP contribution in [-0.2, 0) is 11.3 Å². The molecule has 0 spiro atoms. The van der Waals surface area contributed by atoms with Crippen molar-refractivity contribution in [1.82, 2.24) is 10.2 Å². The lowest BCUT2D eigenvalue weighted by molar-refractivity contribution is -0.0681. The summed E-state index contributed by atoms with van der Waals surface area (Å²) in [5.74, 6) is 2.02. The molecular weight excluding hydrogens is 332 g/mol. The van der Waals surface area contributed by atoms with Crippen molar-refractivity contribution in [2.75, 3.05) is 47.5 Å². The predicted octanol–water partition coefficient (Wildman–Crippen LogP) is 2.69. The molecule has 2 atom stereocenters. The van der Waals surface area contributed by atoms with Gasteiger partial charge in [-0.3, -0.25) is 4.90 Å². The minimum atomic E-state index is 0.344. The fourth-order valence-corrected chi connectivity index (χ4v) is 3.52. The average Bonchev–Trinajstić information content (AvgIpc) is 2.62. The summed E-state index contributed by atoms with van der Waals surface area (Å²) >= 11 is 0. The molecule has 1 saturated heterocycles. The van der Waals surface area contributed by atoms with E-state index in [1.54, 1.807) is 21.3 Å². The van der Waals surface area contributed by atoms with Crippen LogP contribution >= 0.6 is 0 Å². The molecule has 0 amide bonds. The Hall–Kier alpha value is -1.50. The summed E-state index contributed by atoms with van der Waals surface area (Å²) in [5, 5.41) is 3.50. The Balaban J connectivity index is 1.71. The molecule has 1 aromatic carbocycles. The molecule has 1 aliphatic rings. The number of benzene rings is 1. The van der Waals surface area contributed by atoms with Gasteiger partial charge in [-0.25, -0.2) is 0 Å². The lowest BCUT2D eigenvalue weighted by Crippen LogP contribution is -2.45. The highest BCUT2D eigenvalue weighted by Gasteiger charge is 2.21. The van der Waals surface area contributed by atoms with Crippen LogP contribution in [-0.4, -0.2) is 64.6 Å². The number of nitrogens with zero attached hydrogens (tertiary/aromatic N) is 1. The zero-order valence-electron chi connectivity index (χ0n) is 16.8. The molecule has 0 aliphatic carbocycles. The average molecular weight is 367 g/mol. The quantitative estimate of drug-likeness (QED) is 0.643. The van der Waals surface area contributed by atoms with E-state index in [-0.39, 0.29) is 0 Å². The fourth-order valence-electron chi connectivity index (χ4n) is 3.52. The molecule has 0 aromatic heterocycles. The van der Waals surface area contributed by atoms with Crippen LogP contribution in [0.15, 0.2) is 12.1 Å². The molecule has 0 bridgehead atoms. The van der Waals surface area contributed by atoms with Gasteiger partial charge in [-0.05, 0) is 57.5 Å². The minimum absolute atomic E-state index is 0.344. The summed E-state index contributed by atoms with van der Waals surface area (Å²) in [6.07, 6.45) is 3.04. The van der Waals surface area contributed by atoms with Crippen molar-refractivity contribution < 1.29 is 18.9 Å². The van der Waals surface area contributed by atoms with Crippen LogP contribution in [0.2, 0.25) is 0 Å². The highest BCUT2D eigenvalue weighted by molar-refractivity contribution is 5.53. The third-order valence-electron chi connectivity index (χ3n) is 4.63. The first-order valence-electron chi connectivity index (χ1n) is 9.44. The number of unbranched alkanes of at least 4 members (excludes halogenated alkanes) is 1. The standard InChI is InChI=1S/C20H34N2O4/c1-15-13-22(14-16(2)26-15)9-7-6-8-21-12-17-10-18(23-3)20(25-5)19(11-17)24-4/h10-11,15-16,21H,6-9,12-14H2,1-5H3. The van der Waals surface area contributed by atoms with Gasteiger partial charge in [0.25, 0.3) is 0 Å². The second kappa shape index (κ2) is 10.6. The summed E-state index contributed by atoms with van der Waals surface area (Å²) in [7, 11) is 4.90. The topological polar surface area (TPSA) is 52.2 Å². The van der Waals surface area contributed by atoms with Crippen LogP contribution in [0.5, 0.6) is 17.2 Å². The molecule has 6 heteroatoms. The van der Waals surface area contributed by atoms with E-state index in [9.17, 15) is 0 Å². The Bertz CT molecular complexity index is 518. The van der Waals surface area contributed by atoms with Gasteiger partial charge in [0.1, 0.15) is 0 Å². The Morgan fingerprint density at radius 2 is 1.62 bits per heavy atom. The van der Waals surface area contributed by atoms with E-state index in [0.717, 1.165) is 44.7 Å². The zero-order chi connectivity index (χ0) is 18.9. The SMILES string of the molecule is COc1cc(CNCCCCN2CC(C)OC(C)C2)cc(OC)c1OC. The molecule has 1 N–H and O–H groups in total. The zero-order valence-corrected chi connectivity index (χ0v) is 16.8. The Kier molecular flexibility index (Phi) is 8.48. The molecule has 1 aromatic rings. The molecule has 26 heavy (non-hydrogen) atoms. The normalized spacial score (nSPS) is 20.8. The molecule has 1 heterocycles. The van der Waals surface area contributed by atoms with Crippen molar-refractivity contribution in [1.29, 1.82) is 0 Å². The number of methoxy groups -OCH3 is 3. The Labute approximate surface area is 157 Å². The van der Waals surface area contributed by atoms with Gasteiger partial charge in [0.2, 0.25) is 5.75 Å². The first-order valence-corrected chi connectivity index (χ1v) is 9.44. The Morgan fingerprint density at radius 3 is 2.15 bits per heavy atom. The van der Waals surface area contributed by atoms with Crippen molar-refractivity contribution in [3.8, 4) is 17.2 Å². The summed E-state index contributed by atoms with van der Waals surface area (Å²) in [6.45, 7) is 9.31. The van der Waals surface area contributed by atoms with Crippen molar-refractivity contribution in [3.63, 3.8) is 0 Å². The van der Waals surface area contributed by atoms with Crippen LogP contribution in [0.4, 0.5) is 0 Å². The van der Waals surface area contributed by atoms with E-state index in [1.807, 2.05) is 12.1 Å². The molecule has 1 fully saturated rings. The molecule has 0 radical (unpaired) electrons. The van der Waals surface area contributed by atoms with Gasteiger partial charge in [0.15, 0.2) is 11.5 Å². The summed E-state index contributed by atoms with van der Waals surface area (Å²) in [4.78, 5) is 2.51. The van der Waals surface area contributed by atoms with Crippen LogP contribution in [0, 0.1) is 0 Å². The third-order valence-corrected chi connectivity index (χ3v) is 4.63. The maximum atomic E-state index is 5.78. The lowest BCUT2D eigenvalue weighted by Gasteiger charge is -2.35. The lowest BCUT2D eigenvalue weighted by atomic mass is 10.1. The second-order valence-electron chi connectivity index (χ2n) is 6.93. The van der Waals surface area contributed by atoms with Gasteiger partial charge in [0, 0.05) is 19.6 Å². The maximum absolute atomic E-state index is 5.78. The summed E-state index contributed by atoms with van der Waals surface area (Å²) in [5.41, 5.74) is 1.12. The van der Waals surface area contributed by atoms with Crippen molar-refractivity contribution in [3.05, 3.63) is 17.7 Å². The second-order valence-corrected chi connectivity index (χ2v) is 6.93. The Morgan fingerprint density at radius 1 is 1.00 bits per heavy atom. The third kappa shape index (κ3) is 6.04. The highest BCUT2D eigenvalue weighted by atomic mass is 16.5. The van der Waals surface area contributed by atoms with Crippen LogP contribution in [0.3, 0.4) is 0 Å². The number of nitrogens with one attached hydrogen (secondary N) is 1. The van der Waals surface area contributed by atoms with Crippen molar-refractivity contribution in [2.45, 2.75) is 45.4 Å². The summed E-state index contributed by atoms with van der Waals surface area (Å²) in [6, 6.07) is 3.98. The fraction of sp³-hybridized carbons (Fsp3) is 0.700. The first kappa shape index (κ1) is 20.8. The summed E-state index contributed by atoms with van der Waals surface area (Å²) < 4.78 is 21.9. The van der Waals surface area contributed by atoms with Gasteiger partial charge in [-0.1, -0.05) is 0 Å². The predicted molar refractivity (Wildman–Crippen MR) is 103 cm³/mol. The molecule has 2 unspecified atom stereocenters. The molecular formula is C20H34N2O4. The monoisotopic (exact) mass is 366 g/mol. The van der Waals surface area contributed by atoms with E-state index in [1.165, 1.54) is 6.42 Å². The number of morpholine rings is 1. The van der Waals surface area contributed by atoms with Crippen LogP contribution < -0.4 is 19.5 Å². The van der Waals surface area contributed by atoms with E-state index >= 15 is 0 Å². The number of ether oxygens (including phenoxy) is 4. The van der Waals surface area contributed by atoms with E-state index in [4.69, 9.17) is 18.9 Å². The molecule has 1 aliphatic heterocycles. The van der Waals surface area contributed by atoms with Gasteiger partial charge in [-0.2, -0.15) is 0 Å². The van der Waals surface area contributed by atoms with Crippen LogP contribution in [0.25, 0.3) is 0 Å². The van der Waals surface area contributed by atoms with Crippen molar-refractivity contribution in [2.24, 2.45) is 0 Å². The van der Waals surface area contributed by atoms with Gasteiger partial charge in [-0.15, -0.1) is 0 Å².